The Morgan fingerprint density at radius 1 is 1.40 bits per heavy atom. The fourth-order valence-corrected chi connectivity index (χ4v) is 1.46. The number of rotatable bonds is 5. The summed E-state index contributed by atoms with van der Waals surface area (Å²) in [5.41, 5.74) is 0.529. The molecule has 0 aliphatic heterocycles. The average Bonchev–Trinajstić information content (AvgIpc) is 2.26. The molecule has 0 atom stereocenters. The molecule has 0 saturated carbocycles. The molecule has 20 heavy (non-hydrogen) atoms. The Morgan fingerprint density at radius 2 is 2.05 bits per heavy atom. The molecule has 0 fully saturated rings. The monoisotopic (exact) mass is 291 g/mol. The molecule has 1 aromatic carbocycles. The maximum Gasteiger partial charge on any atom is 0.401 e. The minimum Gasteiger partial charge on any atom is -0.325 e. The Labute approximate surface area is 112 Å². The standard InChI is InChI=1S/C11H12F3N3O3/c1-7-4-8(2-3-9(7)17(19)20)16-10(18)5-15-6-11(12,13)14/h2-4,15H,5-6H2,1H3,(H,16,18). The van der Waals surface area contributed by atoms with Crippen LogP contribution in [0.1, 0.15) is 5.56 Å². The lowest BCUT2D eigenvalue weighted by molar-refractivity contribution is -0.385. The van der Waals surface area contributed by atoms with E-state index in [2.05, 4.69) is 5.32 Å². The Morgan fingerprint density at radius 3 is 2.55 bits per heavy atom. The van der Waals surface area contributed by atoms with Crippen LogP contribution in [0.3, 0.4) is 0 Å². The molecule has 2 N–H and O–H groups in total. The van der Waals surface area contributed by atoms with Gasteiger partial charge in [-0.1, -0.05) is 0 Å². The van der Waals surface area contributed by atoms with Crippen molar-refractivity contribution in [2.45, 2.75) is 13.1 Å². The van der Waals surface area contributed by atoms with Crippen molar-refractivity contribution in [3.05, 3.63) is 33.9 Å². The van der Waals surface area contributed by atoms with E-state index in [1.165, 1.54) is 25.1 Å². The van der Waals surface area contributed by atoms with Gasteiger partial charge in [0.1, 0.15) is 0 Å². The molecule has 0 aliphatic carbocycles. The van der Waals surface area contributed by atoms with Crippen molar-refractivity contribution in [3.63, 3.8) is 0 Å². The van der Waals surface area contributed by atoms with Crippen LogP contribution in [0.2, 0.25) is 0 Å². The van der Waals surface area contributed by atoms with Crippen molar-refractivity contribution in [1.29, 1.82) is 0 Å². The highest BCUT2D eigenvalue weighted by Gasteiger charge is 2.26. The van der Waals surface area contributed by atoms with Gasteiger partial charge in [-0.15, -0.1) is 0 Å². The topological polar surface area (TPSA) is 84.3 Å². The number of nitrogens with one attached hydrogen (secondary N) is 2. The van der Waals surface area contributed by atoms with Crippen LogP contribution in [0.15, 0.2) is 18.2 Å². The molecule has 0 aliphatic rings. The van der Waals surface area contributed by atoms with Crippen molar-refractivity contribution in [2.24, 2.45) is 0 Å². The highest BCUT2D eigenvalue weighted by Crippen LogP contribution is 2.21. The van der Waals surface area contributed by atoms with Crippen molar-refractivity contribution in [1.82, 2.24) is 5.32 Å². The number of nitrogens with zero attached hydrogens (tertiary/aromatic N) is 1. The maximum atomic E-state index is 11.8. The van der Waals surface area contributed by atoms with Crippen molar-refractivity contribution < 1.29 is 22.9 Å². The Kier molecular flexibility index (Phi) is 5.03. The van der Waals surface area contributed by atoms with Crippen LogP contribution in [0.25, 0.3) is 0 Å². The van der Waals surface area contributed by atoms with Crippen LogP contribution >= 0.6 is 0 Å². The molecule has 1 rings (SSSR count). The lowest BCUT2D eigenvalue weighted by atomic mass is 10.2. The number of amides is 1. The molecule has 0 bridgehead atoms. The number of alkyl halides is 3. The zero-order valence-electron chi connectivity index (χ0n) is 10.5. The quantitative estimate of drug-likeness (QED) is 0.642. The van der Waals surface area contributed by atoms with E-state index in [-0.39, 0.29) is 11.4 Å². The summed E-state index contributed by atoms with van der Waals surface area (Å²) in [5, 5.41) is 14.9. The summed E-state index contributed by atoms with van der Waals surface area (Å²) < 4.78 is 35.5. The first-order valence-corrected chi connectivity index (χ1v) is 5.51. The molecule has 0 heterocycles. The SMILES string of the molecule is Cc1cc(NC(=O)CNCC(F)(F)F)ccc1[N+](=O)[O-]. The number of benzene rings is 1. The van der Waals surface area contributed by atoms with Gasteiger partial charge in [-0.25, -0.2) is 0 Å². The molecule has 0 saturated heterocycles. The fraction of sp³-hybridized carbons (Fsp3) is 0.364. The minimum atomic E-state index is -4.38. The van der Waals surface area contributed by atoms with E-state index >= 15 is 0 Å². The molecule has 0 unspecified atom stereocenters. The van der Waals surface area contributed by atoms with Crippen LogP contribution in [0.5, 0.6) is 0 Å². The fourth-order valence-electron chi connectivity index (χ4n) is 1.46. The lowest BCUT2D eigenvalue weighted by Gasteiger charge is -2.09. The zero-order chi connectivity index (χ0) is 15.3. The maximum absolute atomic E-state index is 11.8. The lowest BCUT2D eigenvalue weighted by Crippen LogP contribution is -2.35. The highest BCUT2D eigenvalue weighted by molar-refractivity contribution is 5.92. The number of aryl methyl sites for hydroxylation is 1. The van der Waals surface area contributed by atoms with Crippen LogP contribution in [-0.4, -0.2) is 30.1 Å². The first kappa shape index (κ1) is 15.9. The number of halogens is 3. The second-order valence-corrected chi connectivity index (χ2v) is 4.03. The van der Waals surface area contributed by atoms with Gasteiger partial charge in [0.15, 0.2) is 0 Å². The summed E-state index contributed by atoms with van der Waals surface area (Å²) in [4.78, 5) is 21.4. The highest BCUT2D eigenvalue weighted by atomic mass is 19.4. The summed E-state index contributed by atoms with van der Waals surface area (Å²) in [7, 11) is 0. The first-order chi connectivity index (χ1) is 9.19. The Hall–Kier alpha value is -2.16. The van der Waals surface area contributed by atoms with Gasteiger partial charge in [-0.05, 0) is 19.1 Å². The molecule has 0 radical (unpaired) electrons. The number of carbonyl (C=O) groups is 1. The summed E-state index contributed by atoms with van der Waals surface area (Å²) in [6, 6.07) is 3.90. The summed E-state index contributed by atoms with van der Waals surface area (Å²) in [6.07, 6.45) is -4.38. The predicted octanol–water partition coefficient (Wildman–Crippen LogP) is 1.99. The third-order valence-electron chi connectivity index (χ3n) is 2.29. The number of nitro benzene ring substituents is 1. The smallest absolute Gasteiger partial charge is 0.325 e. The average molecular weight is 291 g/mol. The first-order valence-electron chi connectivity index (χ1n) is 5.51. The van der Waals surface area contributed by atoms with Crippen molar-refractivity contribution in [2.75, 3.05) is 18.4 Å². The van der Waals surface area contributed by atoms with E-state index in [9.17, 15) is 28.1 Å². The number of hydrogen-bond acceptors (Lipinski definition) is 4. The molecule has 110 valence electrons. The molecule has 1 aromatic rings. The zero-order valence-corrected chi connectivity index (χ0v) is 10.5. The largest absolute Gasteiger partial charge is 0.401 e. The van der Waals surface area contributed by atoms with Crippen LogP contribution in [0, 0.1) is 17.0 Å². The summed E-state index contributed by atoms with van der Waals surface area (Å²) >= 11 is 0. The van der Waals surface area contributed by atoms with Gasteiger partial charge in [-0.3, -0.25) is 14.9 Å². The Balaban J connectivity index is 2.54. The van der Waals surface area contributed by atoms with Gasteiger partial charge in [0.2, 0.25) is 5.91 Å². The van der Waals surface area contributed by atoms with Crippen molar-refractivity contribution >= 4 is 17.3 Å². The van der Waals surface area contributed by atoms with Gasteiger partial charge in [0.05, 0.1) is 18.0 Å². The molecule has 0 spiro atoms. The molecule has 9 heteroatoms. The number of nitro groups is 1. The van der Waals surface area contributed by atoms with Crippen LogP contribution in [-0.2, 0) is 4.79 Å². The third-order valence-corrected chi connectivity index (χ3v) is 2.29. The second-order valence-electron chi connectivity index (χ2n) is 4.03. The summed E-state index contributed by atoms with van der Waals surface area (Å²) in [5.74, 6) is -0.664. The molecule has 1 amide bonds. The van der Waals surface area contributed by atoms with Gasteiger partial charge >= 0.3 is 6.18 Å². The third kappa shape index (κ3) is 5.22. The second kappa shape index (κ2) is 6.33. The van der Waals surface area contributed by atoms with E-state index in [4.69, 9.17) is 0 Å². The predicted molar refractivity (Wildman–Crippen MR) is 65.4 cm³/mol. The van der Waals surface area contributed by atoms with Crippen LogP contribution < -0.4 is 10.6 Å². The van der Waals surface area contributed by atoms with E-state index < -0.39 is 30.1 Å². The molecular weight excluding hydrogens is 279 g/mol. The number of hydrogen-bond donors (Lipinski definition) is 2. The van der Waals surface area contributed by atoms with Gasteiger partial charge in [0, 0.05) is 17.3 Å². The summed E-state index contributed by atoms with van der Waals surface area (Å²) in [6.45, 7) is -0.273. The minimum absolute atomic E-state index is 0.0989. The number of carbonyl (C=O) groups excluding carboxylic acids is 1. The Bertz CT molecular complexity index is 517. The number of anilines is 1. The van der Waals surface area contributed by atoms with Gasteiger partial charge < -0.3 is 10.6 Å². The van der Waals surface area contributed by atoms with Gasteiger partial charge in [0.25, 0.3) is 5.69 Å². The molecule has 6 nitrogen and oxygen atoms in total. The molecular formula is C11H12F3N3O3. The normalized spacial score (nSPS) is 11.2. The molecule has 0 aromatic heterocycles. The van der Waals surface area contributed by atoms with E-state index in [1.54, 1.807) is 0 Å². The van der Waals surface area contributed by atoms with E-state index in [1.807, 2.05) is 5.32 Å². The van der Waals surface area contributed by atoms with Crippen molar-refractivity contribution in [3.8, 4) is 0 Å². The van der Waals surface area contributed by atoms with Crippen LogP contribution in [0.4, 0.5) is 24.5 Å². The van der Waals surface area contributed by atoms with E-state index in [0.717, 1.165) is 0 Å². The van der Waals surface area contributed by atoms with E-state index in [0.29, 0.717) is 5.56 Å². The van der Waals surface area contributed by atoms with Gasteiger partial charge in [-0.2, -0.15) is 13.2 Å².